The molecule has 4 aromatic rings. The van der Waals surface area contributed by atoms with Crippen molar-refractivity contribution in [2.75, 3.05) is 24.7 Å². The molecule has 1 aliphatic rings. The number of hydrogen-bond acceptors (Lipinski definition) is 5. The van der Waals surface area contributed by atoms with Crippen LogP contribution in [-0.4, -0.2) is 50.3 Å². The standard InChI is InChI=1S/C19H19ClN6O/c1-11-10-27-8-7-26(11)19-13-4-6-25(2)18(13)23-17(24-19)14-9-15(20)22-16-12(14)3-5-21-16/h3-6,9,11H,7-8,10H2,1-2H3,(H,21,22). The van der Waals surface area contributed by atoms with E-state index in [9.17, 15) is 0 Å². The van der Waals surface area contributed by atoms with Crippen LogP contribution in [0.5, 0.6) is 0 Å². The second kappa shape index (κ2) is 6.21. The van der Waals surface area contributed by atoms with Crippen LogP contribution >= 0.6 is 11.6 Å². The highest BCUT2D eigenvalue weighted by Crippen LogP contribution is 2.33. The highest BCUT2D eigenvalue weighted by atomic mass is 35.5. The van der Waals surface area contributed by atoms with Crippen molar-refractivity contribution in [1.29, 1.82) is 0 Å². The Morgan fingerprint density at radius 3 is 2.96 bits per heavy atom. The molecule has 0 amide bonds. The third-order valence-corrected chi connectivity index (χ3v) is 5.28. The van der Waals surface area contributed by atoms with Crippen LogP contribution in [0.2, 0.25) is 5.15 Å². The fourth-order valence-electron chi connectivity index (χ4n) is 3.69. The normalized spacial score (nSPS) is 17.9. The lowest BCUT2D eigenvalue weighted by Crippen LogP contribution is -2.44. The van der Waals surface area contributed by atoms with E-state index in [1.165, 1.54) is 0 Å². The number of fused-ring (bicyclic) bond motifs is 2. The van der Waals surface area contributed by atoms with Gasteiger partial charge in [0.1, 0.15) is 22.3 Å². The molecule has 5 heterocycles. The molecule has 1 saturated heterocycles. The maximum Gasteiger partial charge on any atom is 0.164 e. The van der Waals surface area contributed by atoms with Crippen LogP contribution < -0.4 is 4.90 Å². The number of rotatable bonds is 2. The molecule has 1 N–H and O–H groups in total. The minimum Gasteiger partial charge on any atom is -0.377 e. The number of anilines is 1. The first-order valence-electron chi connectivity index (χ1n) is 8.93. The Kier molecular flexibility index (Phi) is 3.80. The predicted octanol–water partition coefficient (Wildman–Crippen LogP) is 3.39. The lowest BCUT2D eigenvalue weighted by atomic mass is 10.1. The molecule has 8 heteroatoms. The third-order valence-electron chi connectivity index (χ3n) is 5.08. The van der Waals surface area contributed by atoms with E-state index < -0.39 is 0 Å². The highest BCUT2D eigenvalue weighted by molar-refractivity contribution is 6.30. The summed E-state index contributed by atoms with van der Waals surface area (Å²) in [6, 6.07) is 6.12. The zero-order valence-corrected chi connectivity index (χ0v) is 15.9. The summed E-state index contributed by atoms with van der Waals surface area (Å²) in [5.41, 5.74) is 2.50. The number of H-pyrrole nitrogens is 1. The number of aromatic nitrogens is 5. The maximum absolute atomic E-state index is 6.25. The van der Waals surface area contributed by atoms with Crippen LogP contribution in [0, 0.1) is 0 Å². The summed E-state index contributed by atoms with van der Waals surface area (Å²) in [7, 11) is 2.00. The van der Waals surface area contributed by atoms with Gasteiger partial charge in [-0.1, -0.05) is 11.6 Å². The topological polar surface area (TPSA) is 71.9 Å². The predicted molar refractivity (Wildman–Crippen MR) is 106 cm³/mol. The van der Waals surface area contributed by atoms with Gasteiger partial charge in [-0.3, -0.25) is 0 Å². The first kappa shape index (κ1) is 16.5. The van der Waals surface area contributed by atoms with E-state index in [0.717, 1.165) is 40.0 Å². The van der Waals surface area contributed by atoms with E-state index in [0.29, 0.717) is 24.2 Å². The van der Waals surface area contributed by atoms with Crippen molar-refractivity contribution in [2.45, 2.75) is 13.0 Å². The second-order valence-electron chi connectivity index (χ2n) is 6.88. The molecular weight excluding hydrogens is 364 g/mol. The van der Waals surface area contributed by atoms with Crippen LogP contribution in [0.15, 0.2) is 30.6 Å². The molecule has 7 nitrogen and oxygen atoms in total. The summed E-state index contributed by atoms with van der Waals surface area (Å²) in [5, 5.41) is 2.41. The molecule has 0 saturated carbocycles. The Bertz CT molecular complexity index is 1150. The molecule has 4 aromatic heterocycles. The Morgan fingerprint density at radius 2 is 2.11 bits per heavy atom. The molecular formula is C19H19ClN6O. The summed E-state index contributed by atoms with van der Waals surface area (Å²) in [4.78, 5) is 19.6. The van der Waals surface area contributed by atoms with Crippen molar-refractivity contribution in [1.82, 2.24) is 24.5 Å². The van der Waals surface area contributed by atoms with Crippen molar-refractivity contribution in [3.05, 3.63) is 35.7 Å². The Balaban J connectivity index is 1.78. The quantitative estimate of drug-likeness (QED) is 0.538. The van der Waals surface area contributed by atoms with Gasteiger partial charge >= 0.3 is 0 Å². The number of morpholine rings is 1. The molecule has 0 aliphatic carbocycles. The SMILES string of the molecule is CC1COCCN1c1nc(-c2cc(Cl)nc3[nH]ccc23)nc2c1ccn2C. The van der Waals surface area contributed by atoms with E-state index in [-0.39, 0.29) is 6.04 Å². The lowest BCUT2D eigenvalue weighted by molar-refractivity contribution is 0.0987. The molecule has 1 unspecified atom stereocenters. The first-order chi connectivity index (χ1) is 13.1. The van der Waals surface area contributed by atoms with Crippen LogP contribution in [0.4, 0.5) is 5.82 Å². The van der Waals surface area contributed by atoms with Crippen LogP contribution in [-0.2, 0) is 11.8 Å². The average molecular weight is 383 g/mol. The van der Waals surface area contributed by atoms with Gasteiger partial charge in [0.25, 0.3) is 0 Å². The number of nitrogens with zero attached hydrogens (tertiary/aromatic N) is 5. The Labute approximate surface area is 160 Å². The molecule has 1 aliphatic heterocycles. The molecule has 138 valence electrons. The van der Waals surface area contributed by atoms with Crippen molar-refractivity contribution < 1.29 is 4.74 Å². The zero-order valence-electron chi connectivity index (χ0n) is 15.1. The molecule has 0 aromatic carbocycles. The van der Waals surface area contributed by atoms with Crippen LogP contribution in [0.3, 0.4) is 0 Å². The van der Waals surface area contributed by atoms with Gasteiger partial charge in [0.2, 0.25) is 0 Å². The molecule has 27 heavy (non-hydrogen) atoms. The van der Waals surface area contributed by atoms with Gasteiger partial charge in [-0.2, -0.15) is 0 Å². The Hall–Kier alpha value is -2.64. The summed E-state index contributed by atoms with van der Waals surface area (Å²) in [6.07, 6.45) is 3.87. The second-order valence-corrected chi connectivity index (χ2v) is 7.27. The van der Waals surface area contributed by atoms with Gasteiger partial charge in [-0.15, -0.1) is 0 Å². The van der Waals surface area contributed by atoms with Gasteiger partial charge in [0.15, 0.2) is 5.82 Å². The highest BCUT2D eigenvalue weighted by Gasteiger charge is 2.25. The number of hydrogen-bond donors (Lipinski definition) is 1. The van der Waals surface area contributed by atoms with Gasteiger partial charge in [-0.05, 0) is 25.1 Å². The number of pyridine rings is 1. The lowest BCUT2D eigenvalue weighted by Gasteiger charge is -2.34. The number of nitrogens with one attached hydrogen (secondary N) is 1. The first-order valence-corrected chi connectivity index (χ1v) is 9.31. The minimum absolute atomic E-state index is 0.248. The number of aromatic amines is 1. The van der Waals surface area contributed by atoms with E-state index in [1.54, 1.807) is 0 Å². The summed E-state index contributed by atoms with van der Waals surface area (Å²) in [6.45, 7) is 4.35. The van der Waals surface area contributed by atoms with Crippen molar-refractivity contribution in [3.63, 3.8) is 0 Å². The molecule has 1 atom stereocenters. The Morgan fingerprint density at radius 1 is 1.22 bits per heavy atom. The van der Waals surface area contributed by atoms with Gasteiger partial charge in [-0.25, -0.2) is 15.0 Å². The van der Waals surface area contributed by atoms with Gasteiger partial charge < -0.3 is 19.2 Å². The van der Waals surface area contributed by atoms with E-state index in [2.05, 4.69) is 27.9 Å². The zero-order chi connectivity index (χ0) is 18.5. The fourth-order valence-corrected chi connectivity index (χ4v) is 3.89. The van der Waals surface area contributed by atoms with E-state index in [1.807, 2.05) is 36.1 Å². The monoisotopic (exact) mass is 382 g/mol. The number of ether oxygens (including phenoxy) is 1. The van der Waals surface area contributed by atoms with Crippen LogP contribution in [0.25, 0.3) is 33.5 Å². The maximum atomic E-state index is 6.25. The number of halogens is 1. The minimum atomic E-state index is 0.248. The summed E-state index contributed by atoms with van der Waals surface area (Å²) in [5.74, 6) is 1.58. The van der Waals surface area contributed by atoms with Crippen molar-refractivity contribution in [2.24, 2.45) is 7.05 Å². The van der Waals surface area contributed by atoms with Crippen LogP contribution in [0.1, 0.15) is 6.92 Å². The van der Waals surface area contributed by atoms with E-state index >= 15 is 0 Å². The van der Waals surface area contributed by atoms with Crippen molar-refractivity contribution >= 4 is 39.5 Å². The molecule has 0 radical (unpaired) electrons. The molecule has 0 bridgehead atoms. The fraction of sp³-hybridized carbons (Fsp3) is 0.316. The van der Waals surface area contributed by atoms with E-state index in [4.69, 9.17) is 26.3 Å². The van der Waals surface area contributed by atoms with Gasteiger partial charge in [0.05, 0.1) is 24.6 Å². The largest absolute Gasteiger partial charge is 0.377 e. The molecule has 0 spiro atoms. The average Bonchev–Trinajstić information content (AvgIpc) is 3.28. The molecule has 1 fully saturated rings. The summed E-state index contributed by atoms with van der Waals surface area (Å²) < 4.78 is 7.63. The van der Waals surface area contributed by atoms with Gasteiger partial charge in [0, 0.05) is 36.9 Å². The third kappa shape index (κ3) is 2.65. The summed E-state index contributed by atoms with van der Waals surface area (Å²) >= 11 is 6.25. The number of aryl methyl sites for hydroxylation is 1. The van der Waals surface area contributed by atoms with Crippen molar-refractivity contribution in [3.8, 4) is 11.4 Å². The smallest absolute Gasteiger partial charge is 0.164 e. The molecule has 5 rings (SSSR count).